The first kappa shape index (κ1) is 5.16. The fourth-order valence-corrected chi connectivity index (χ4v) is 0.782. The van der Waals surface area contributed by atoms with Crippen molar-refractivity contribution in [2.45, 2.75) is 0 Å². The van der Waals surface area contributed by atoms with Gasteiger partial charge in [0.1, 0.15) is 0 Å². The first-order valence-corrected chi connectivity index (χ1v) is 2.75. The molecular weight excluding hydrogens is 132 g/mol. The van der Waals surface area contributed by atoms with Crippen molar-refractivity contribution in [2.75, 3.05) is 0 Å². The summed E-state index contributed by atoms with van der Waals surface area (Å²) in [7, 11) is 0. The van der Waals surface area contributed by atoms with E-state index < -0.39 is 0 Å². The number of H-pyrrole nitrogens is 1. The van der Waals surface area contributed by atoms with Gasteiger partial charge in [-0.15, -0.1) is 0 Å². The third kappa shape index (κ3) is 0.540. The monoisotopic (exact) mass is 136 g/mol. The lowest BCUT2D eigenvalue weighted by Gasteiger charge is -1.85. The molecule has 0 aliphatic carbocycles. The van der Waals surface area contributed by atoms with Crippen LogP contribution in [0.1, 0.15) is 0 Å². The highest BCUT2D eigenvalue weighted by atomic mass is 16.1. The Morgan fingerprint density at radius 1 is 1.60 bits per heavy atom. The zero-order chi connectivity index (χ0) is 6.97. The second kappa shape index (κ2) is 1.66. The highest BCUT2D eigenvalue weighted by molar-refractivity contribution is 5.40. The zero-order valence-corrected chi connectivity index (χ0v) is 4.98. The molecule has 0 bridgehead atoms. The Balaban J connectivity index is 3.09. The molecule has 0 aromatic carbocycles. The van der Waals surface area contributed by atoms with E-state index in [1.807, 2.05) is 0 Å². The standard InChI is InChI=1S/C5H4N4O/c10-5-8-6-3-4-1-2-7-9(4)5/h1-3H,(H,8,10). The number of rotatable bonds is 0. The lowest BCUT2D eigenvalue weighted by atomic mass is 10.6. The Labute approximate surface area is 55.3 Å². The van der Waals surface area contributed by atoms with Gasteiger partial charge in [-0.05, 0) is 6.07 Å². The summed E-state index contributed by atoms with van der Waals surface area (Å²) in [4.78, 5) is 10.8. The van der Waals surface area contributed by atoms with Crippen molar-refractivity contribution < 1.29 is 0 Å². The molecule has 0 amide bonds. The van der Waals surface area contributed by atoms with Crippen LogP contribution in [0, 0.1) is 0 Å². The number of hydrogen-bond donors (Lipinski definition) is 1. The van der Waals surface area contributed by atoms with E-state index in [1.165, 1.54) is 10.7 Å². The van der Waals surface area contributed by atoms with Crippen LogP contribution in [0.4, 0.5) is 0 Å². The average molecular weight is 136 g/mol. The lowest BCUT2D eigenvalue weighted by Crippen LogP contribution is -2.17. The van der Waals surface area contributed by atoms with Gasteiger partial charge in [0.15, 0.2) is 0 Å². The third-order valence-electron chi connectivity index (χ3n) is 1.22. The fraction of sp³-hybridized carbons (Fsp3) is 0. The van der Waals surface area contributed by atoms with Gasteiger partial charge in [0.05, 0.1) is 17.9 Å². The number of fused-ring (bicyclic) bond motifs is 1. The third-order valence-corrected chi connectivity index (χ3v) is 1.22. The molecule has 2 rings (SSSR count). The Kier molecular flexibility index (Phi) is 0.858. The smallest absolute Gasteiger partial charge is 0.244 e. The van der Waals surface area contributed by atoms with E-state index in [0.29, 0.717) is 5.52 Å². The second-order valence-electron chi connectivity index (χ2n) is 1.84. The fourth-order valence-electron chi connectivity index (χ4n) is 0.782. The Morgan fingerprint density at radius 2 is 2.50 bits per heavy atom. The molecule has 10 heavy (non-hydrogen) atoms. The van der Waals surface area contributed by atoms with Gasteiger partial charge >= 0.3 is 5.69 Å². The van der Waals surface area contributed by atoms with Crippen molar-refractivity contribution in [2.24, 2.45) is 0 Å². The molecule has 2 aromatic rings. The van der Waals surface area contributed by atoms with Crippen molar-refractivity contribution in [3.8, 4) is 0 Å². The molecule has 2 aromatic heterocycles. The SMILES string of the molecule is O=c1[nH]ncc2ccnn12. The van der Waals surface area contributed by atoms with Crippen molar-refractivity contribution >= 4 is 5.52 Å². The maximum atomic E-state index is 10.8. The normalized spacial score (nSPS) is 10.4. The van der Waals surface area contributed by atoms with Crippen LogP contribution in [0.15, 0.2) is 23.3 Å². The minimum Gasteiger partial charge on any atom is -0.244 e. The molecule has 0 fully saturated rings. The van der Waals surface area contributed by atoms with E-state index in [4.69, 9.17) is 0 Å². The van der Waals surface area contributed by atoms with Crippen molar-refractivity contribution in [1.29, 1.82) is 0 Å². The quantitative estimate of drug-likeness (QED) is 0.526. The van der Waals surface area contributed by atoms with Gasteiger partial charge in [-0.3, -0.25) is 0 Å². The molecule has 50 valence electrons. The van der Waals surface area contributed by atoms with E-state index >= 15 is 0 Å². The highest BCUT2D eigenvalue weighted by Crippen LogP contribution is 1.90. The van der Waals surface area contributed by atoms with Gasteiger partial charge in [0, 0.05) is 0 Å². The van der Waals surface area contributed by atoms with Crippen molar-refractivity contribution in [1.82, 2.24) is 19.8 Å². The lowest BCUT2D eigenvalue weighted by molar-refractivity contribution is 0.810. The van der Waals surface area contributed by atoms with Crippen LogP contribution in [-0.2, 0) is 0 Å². The number of aromatic amines is 1. The van der Waals surface area contributed by atoms with Gasteiger partial charge in [-0.2, -0.15) is 14.7 Å². The summed E-state index contributed by atoms with van der Waals surface area (Å²) in [6.45, 7) is 0. The Bertz CT molecular complexity index is 401. The molecule has 5 nitrogen and oxygen atoms in total. The molecule has 0 aliphatic heterocycles. The topological polar surface area (TPSA) is 63.0 Å². The van der Waals surface area contributed by atoms with Crippen molar-refractivity contribution in [3.05, 3.63) is 28.9 Å². The summed E-state index contributed by atoms with van der Waals surface area (Å²) in [5.41, 5.74) is 0.381. The van der Waals surface area contributed by atoms with Gasteiger partial charge in [0.25, 0.3) is 0 Å². The predicted molar refractivity (Wildman–Crippen MR) is 33.6 cm³/mol. The summed E-state index contributed by atoms with van der Waals surface area (Å²) in [5, 5.41) is 9.59. The molecule has 0 unspecified atom stereocenters. The van der Waals surface area contributed by atoms with Crippen LogP contribution in [-0.4, -0.2) is 19.8 Å². The molecular formula is C5H4N4O. The molecule has 2 heterocycles. The van der Waals surface area contributed by atoms with Crippen LogP contribution in [0.25, 0.3) is 5.52 Å². The van der Waals surface area contributed by atoms with E-state index in [-0.39, 0.29) is 5.69 Å². The molecule has 0 saturated carbocycles. The highest BCUT2D eigenvalue weighted by Gasteiger charge is 1.93. The summed E-state index contributed by atoms with van der Waals surface area (Å²) < 4.78 is 1.24. The first-order chi connectivity index (χ1) is 4.88. The molecule has 5 heteroatoms. The molecule has 1 N–H and O–H groups in total. The molecule has 0 saturated heterocycles. The minimum atomic E-state index is -0.317. The van der Waals surface area contributed by atoms with E-state index in [9.17, 15) is 4.79 Å². The Morgan fingerprint density at radius 3 is 3.30 bits per heavy atom. The summed E-state index contributed by atoms with van der Waals surface area (Å²) in [6, 6.07) is 1.71. The number of nitrogens with zero attached hydrogens (tertiary/aromatic N) is 3. The average Bonchev–Trinajstić information content (AvgIpc) is 2.36. The van der Waals surface area contributed by atoms with Crippen LogP contribution in [0.2, 0.25) is 0 Å². The molecule has 0 aliphatic rings. The first-order valence-electron chi connectivity index (χ1n) is 2.75. The van der Waals surface area contributed by atoms with Gasteiger partial charge in [-0.1, -0.05) is 0 Å². The maximum Gasteiger partial charge on any atom is 0.363 e. The van der Waals surface area contributed by atoms with Gasteiger partial charge < -0.3 is 0 Å². The second-order valence-corrected chi connectivity index (χ2v) is 1.84. The molecule has 0 radical (unpaired) electrons. The summed E-state index contributed by atoms with van der Waals surface area (Å²) in [5.74, 6) is 0. The molecule has 0 spiro atoms. The van der Waals surface area contributed by atoms with Gasteiger partial charge in [0.2, 0.25) is 0 Å². The minimum absolute atomic E-state index is 0.317. The van der Waals surface area contributed by atoms with Crippen molar-refractivity contribution in [3.63, 3.8) is 0 Å². The Hall–Kier alpha value is -1.65. The van der Waals surface area contributed by atoms with Crippen LogP contribution >= 0.6 is 0 Å². The maximum absolute atomic E-state index is 10.8. The van der Waals surface area contributed by atoms with E-state index in [2.05, 4.69) is 15.3 Å². The number of aromatic nitrogens is 4. The summed E-state index contributed by atoms with van der Waals surface area (Å²) in [6.07, 6.45) is 3.08. The van der Waals surface area contributed by atoms with E-state index in [1.54, 1.807) is 12.3 Å². The van der Waals surface area contributed by atoms with Crippen LogP contribution in [0.3, 0.4) is 0 Å². The largest absolute Gasteiger partial charge is 0.363 e. The van der Waals surface area contributed by atoms with Crippen LogP contribution < -0.4 is 5.69 Å². The zero-order valence-electron chi connectivity index (χ0n) is 4.98. The molecule has 0 atom stereocenters. The van der Waals surface area contributed by atoms with Gasteiger partial charge in [-0.25, -0.2) is 9.89 Å². The predicted octanol–water partition coefficient (Wildman–Crippen LogP) is -0.582. The van der Waals surface area contributed by atoms with E-state index in [0.717, 1.165) is 0 Å². The summed E-state index contributed by atoms with van der Waals surface area (Å²) >= 11 is 0. The number of nitrogens with one attached hydrogen (secondary N) is 1. The number of hydrogen-bond acceptors (Lipinski definition) is 3. The van der Waals surface area contributed by atoms with Crippen LogP contribution in [0.5, 0.6) is 0 Å².